The topological polar surface area (TPSA) is 225 Å². The van der Waals surface area contributed by atoms with Crippen molar-refractivity contribution in [2.24, 2.45) is 50.7 Å². The molecule has 16 atom stereocenters. The fourth-order valence-corrected chi connectivity index (χ4v) is 13.7. The molecule has 6 aliphatic rings. The molecule has 62 heavy (non-hydrogen) atoms. The first-order valence-corrected chi connectivity index (χ1v) is 22.1. The lowest BCUT2D eigenvalue weighted by Gasteiger charge is -2.71. The summed E-state index contributed by atoms with van der Waals surface area (Å²) in [6.45, 7) is 17.5. The van der Waals surface area contributed by atoms with Crippen molar-refractivity contribution in [1.29, 1.82) is 0 Å². The van der Waals surface area contributed by atoms with Crippen molar-refractivity contribution in [3.8, 4) is 0 Å². The molecule has 0 spiro atoms. The predicted molar refractivity (Wildman–Crippen MR) is 216 cm³/mol. The van der Waals surface area contributed by atoms with E-state index in [2.05, 4.69) is 26.8 Å². The van der Waals surface area contributed by atoms with Gasteiger partial charge in [-0.1, -0.05) is 39.3 Å². The second kappa shape index (κ2) is 16.5. The standard InChI is InChI=1S/C46H66O16/c1-23-14-19-46(40(54)62-38-36(60-28(6)51)35(59-27(5)50)34(58-26(4)49)30(61-38)22-56-24(2)47)21-20-42(8)29(37(46)45(23,11)55)12-13-31-41(7)17-16-33(57-25(3)48)44(10,39(52)53)32(41)15-18-43(31,42)9/h12,23,30-38,55H,13-22H2,1-11H3,(H,52,53)/t23-,30+,31+,32+,33-,34+,35-,36+,37+,38-,41+,42+,43+,44+,45+,46-/m0/s1. The Labute approximate surface area is 363 Å². The first-order chi connectivity index (χ1) is 28.7. The number of allylic oxidation sites excluding steroid dienone is 1. The summed E-state index contributed by atoms with van der Waals surface area (Å²) < 4.78 is 40.2. The summed E-state index contributed by atoms with van der Waals surface area (Å²) in [5, 5.41) is 23.5. The number of hydrogen-bond acceptors (Lipinski definition) is 15. The van der Waals surface area contributed by atoms with Crippen molar-refractivity contribution in [3.05, 3.63) is 11.6 Å². The Kier molecular flexibility index (Phi) is 12.6. The van der Waals surface area contributed by atoms with Crippen LogP contribution in [-0.2, 0) is 66.7 Å². The molecule has 1 saturated heterocycles. The molecular formula is C46H66O16. The lowest BCUT2D eigenvalue weighted by molar-refractivity contribution is -0.305. The van der Waals surface area contributed by atoms with Gasteiger partial charge in [0.1, 0.15) is 24.2 Å². The van der Waals surface area contributed by atoms with E-state index in [1.807, 2.05) is 6.92 Å². The molecule has 0 unspecified atom stereocenters. The van der Waals surface area contributed by atoms with E-state index < -0.39 is 118 Å². The van der Waals surface area contributed by atoms with Crippen LogP contribution in [0.15, 0.2) is 11.6 Å². The van der Waals surface area contributed by atoms with E-state index in [0.717, 1.165) is 33.3 Å². The van der Waals surface area contributed by atoms with Gasteiger partial charge in [-0.15, -0.1) is 0 Å². The third-order valence-corrected chi connectivity index (χ3v) is 17.0. The molecule has 0 radical (unpaired) electrons. The molecule has 5 fully saturated rings. The van der Waals surface area contributed by atoms with Crippen LogP contribution >= 0.6 is 0 Å². The summed E-state index contributed by atoms with van der Waals surface area (Å²) in [6.07, 6.45) is -1.60. The number of carbonyl (C=O) groups excluding carboxylic acids is 6. The molecule has 1 heterocycles. The van der Waals surface area contributed by atoms with Gasteiger partial charge in [-0.2, -0.15) is 0 Å². The van der Waals surface area contributed by atoms with Gasteiger partial charge < -0.3 is 43.4 Å². The quantitative estimate of drug-likeness (QED) is 0.168. The van der Waals surface area contributed by atoms with E-state index in [-0.39, 0.29) is 23.2 Å². The highest BCUT2D eigenvalue weighted by atomic mass is 16.7. The average Bonchev–Trinajstić information content (AvgIpc) is 3.15. The molecule has 1 aliphatic heterocycles. The highest BCUT2D eigenvalue weighted by Gasteiger charge is 2.73. The molecule has 346 valence electrons. The van der Waals surface area contributed by atoms with Crippen LogP contribution in [0.5, 0.6) is 0 Å². The molecule has 0 bridgehead atoms. The van der Waals surface area contributed by atoms with Gasteiger partial charge in [0.25, 0.3) is 0 Å². The summed E-state index contributed by atoms with van der Waals surface area (Å²) in [4.78, 5) is 90.0. The van der Waals surface area contributed by atoms with Gasteiger partial charge in [0.15, 0.2) is 12.2 Å². The zero-order valence-corrected chi connectivity index (χ0v) is 38.0. The highest BCUT2D eigenvalue weighted by Crippen LogP contribution is 2.76. The van der Waals surface area contributed by atoms with Gasteiger partial charge in [0.05, 0.1) is 11.0 Å². The molecule has 16 nitrogen and oxygen atoms in total. The Morgan fingerprint density at radius 1 is 0.694 bits per heavy atom. The third-order valence-electron chi connectivity index (χ3n) is 17.0. The molecule has 0 aromatic carbocycles. The molecule has 4 saturated carbocycles. The zero-order chi connectivity index (χ0) is 46.1. The number of carboxylic acid groups (broad SMARTS) is 1. The van der Waals surface area contributed by atoms with E-state index >= 15 is 4.79 Å². The van der Waals surface area contributed by atoms with E-state index in [1.54, 1.807) is 13.8 Å². The number of hydrogen-bond donors (Lipinski definition) is 2. The monoisotopic (exact) mass is 874 g/mol. The van der Waals surface area contributed by atoms with E-state index in [4.69, 9.17) is 33.2 Å². The Bertz CT molecular complexity index is 1890. The smallest absolute Gasteiger partial charge is 0.315 e. The van der Waals surface area contributed by atoms with Crippen molar-refractivity contribution in [2.75, 3.05) is 6.61 Å². The van der Waals surface area contributed by atoms with Crippen LogP contribution in [0.4, 0.5) is 0 Å². The Morgan fingerprint density at radius 2 is 1.29 bits per heavy atom. The Hall–Kier alpha value is -4.05. The highest BCUT2D eigenvalue weighted by molar-refractivity contribution is 5.80. The normalized spacial score (nSPS) is 44.5. The van der Waals surface area contributed by atoms with E-state index in [9.17, 15) is 39.0 Å². The molecule has 0 aromatic rings. The second-order valence-electron chi connectivity index (χ2n) is 20.2. The van der Waals surface area contributed by atoms with Crippen LogP contribution in [0.1, 0.15) is 134 Å². The van der Waals surface area contributed by atoms with Crippen LogP contribution in [0.25, 0.3) is 0 Å². The molecule has 6 rings (SSSR count). The first kappa shape index (κ1) is 47.4. The Balaban J connectivity index is 1.40. The number of carbonyl (C=O) groups is 7. The number of rotatable bonds is 9. The minimum Gasteiger partial charge on any atom is -0.481 e. The van der Waals surface area contributed by atoms with Gasteiger partial charge >= 0.3 is 41.8 Å². The lowest BCUT2D eigenvalue weighted by Crippen LogP contribution is -2.69. The van der Waals surface area contributed by atoms with Crippen molar-refractivity contribution in [3.63, 3.8) is 0 Å². The maximum absolute atomic E-state index is 15.3. The second-order valence-corrected chi connectivity index (χ2v) is 20.2. The van der Waals surface area contributed by atoms with Crippen molar-refractivity contribution >= 4 is 41.8 Å². The summed E-state index contributed by atoms with van der Waals surface area (Å²) >= 11 is 0. The summed E-state index contributed by atoms with van der Waals surface area (Å²) in [5.74, 6) is -6.56. The number of aliphatic carboxylic acids is 1. The fraction of sp³-hybridized carbons (Fsp3) is 0.804. The van der Waals surface area contributed by atoms with Crippen molar-refractivity contribution < 1.29 is 76.9 Å². The molecule has 16 heteroatoms. The third kappa shape index (κ3) is 7.51. The number of carboxylic acids is 1. The van der Waals surface area contributed by atoms with Gasteiger partial charge in [0, 0.05) is 40.5 Å². The minimum absolute atomic E-state index is 0.0301. The van der Waals surface area contributed by atoms with Crippen LogP contribution in [0.3, 0.4) is 0 Å². The number of esters is 6. The SMILES string of the molecule is CC(=O)OC[C@H]1O[C@@H](OC(=O)[C@]23CC[C@H](C)[C@@](C)(O)[C@H]2C2=CC[C@@H]4[C@@]5(C)CC[C@H](OC(C)=O)[C@](C)(C(=O)O)[C@@H]5CC[C@@]4(C)[C@]2(C)CC3)[C@H](OC(C)=O)[C@@H](OC(C)=O)[C@@H]1OC(C)=O. The predicted octanol–water partition coefficient (Wildman–Crippen LogP) is 5.38. The molecule has 0 amide bonds. The van der Waals surface area contributed by atoms with E-state index in [1.165, 1.54) is 6.92 Å². The zero-order valence-electron chi connectivity index (χ0n) is 38.0. The van der Waals surface area contributed by atoms with Crippen LogP contribution in [-0.4, -0.2) is 101 Å². The maximum Gasteiger partial charge on any atom is 0.315 e. The number of ether oxygens (including phenoxy) is 7. The van der Waals surface area contributed by atoms with Gasteiger partial charge in [-0.3, -0.25) is 33.6 Å². The van der Waals surface area contributed by atoms with Crippen molar-refractivity contribution in [1.82, 2.24) is 0 Å². The summed E-state index contributed by atoms with van der Waals surface area (Å²) in [7, 11) is 0. The summed E-state index contributed by atoms with van der Waals surface area (Å²) in [5.41, 5.74) is -4.41. The van der Waals surface area contributed by atoms with Gasteiger partial charge in [0.2, 0.25) is 12.4 Å². The van der Waals surface area contributed by atoms with Crippen LogP contribution in [0, 0.1) is 50.7 Å². The lowest BCUT2D eigenvalue weighted by atomic mass is 9.33. The van der Waals surface area contributed by atoms with Crippen LogP contribution < -0.4 is 0 Å². The van der Waals surface area contributed by atoms with Crippen molar-refractivity contribution in [2.45, 2.75) is 176 Å². The average molecular weight is 875 g/mol. The first-order valence-electron chi connectivity index (χ1n) is 22.1. The molecule has 2 N–H and O–H groups in total. The largest absolute Gasteiger partial charge is 0.481 e. The fourth-order valence-electron chi connectivity index (χ4n) is 13.7. The van der Waals surface area contributed by atoms with Gasteiger partial charge in [-0.05, 0) is 106 Å². The maximum atomic E-state index is 15.3. The van der Waals surface area contributed by atoms with Crippen LogP contribution in [0.2, 0.25) is 0 Å². The summed E-state index contributed by atoms with van der Waals surface area (Å²) in [6, 6.07) is 0. The molecule has 0 aromatic heterocycles. The Morgan fingerprint density at radius 3 is 1.87 bits per heavy atom. The molecule has 5 aliphatic carbocycles. The minimum atomic E-state index is -1.72. The van der Waals surface area contributed by atoms with Gasteiger partial charge in [-0.25, -0.2) is 0 Å². The molecular weight excluding hydrogens is 808 g/mol. The number of fused-ring (bicyclic) bond motifs is 7. The van der Waals surface area contributed by atoms with E-state index in [0.29, 0.717) is 57.8 Å². The number of aliphatic hydroxyl groups is 1.